The highest BCUT2D eigenvalue weighted by atomic mass is 35.5. The van der Waals surface area contributed by atoms with Crippen LogP contribution in [0.3, 0.4) is 0 Å². The van der Waals surface area contributed by atoms with Gasteiger partial charge in [-0.05, 0) is 43.9 Å². The number of benzene rings is 1. The third-order valence-electron chi connectivity index (χ3n) is 4.31. The number of rotatable bonds is 3. The van der Waals surface area contributed by atoms with Gasteiger partial charge in [0.2, 0.25) is 0 Å². The summed E-state index contributed by atoms with van der Waals surface area (Å²) in [4.78, 5) is 12.3. The molecule has 11 heteroatoms. The SMILES string of the molecule is Cl.NC1CCC(NC(=O)c2nnn(-c3cccc(F)c3)c2C(F)(F)F)CC1. The van der Waals surface area contributed by atoms with Crippen LogP contribution in [-0.2, 0) is 6.18 Å². The monoisotopic (exact) mass is 407 g/mol. The van der Waals surface area contributed by atoms with Crippen LogP contribution >= 0.6 is 12.4 Å². The average Bonchev–Trinajstić information content (AvgIpc) is 3.02. The molecular weight excluding hydrogens is 390 g/mol. The van der Waals surface area contributed by atoms with Crippen LogP contribution in [0.25, 0.3) is 5.69 Å². The summed E-state index contributed by atoms with van der Waals surface area (Å²) in [6, 6.07) is 4.25. The van der Waals surface area contributed by atoms with Crippen molar-refractivity contribution < 1.29 is 22.4 Å². The maximum atomic E-state index is 13.5. The summed E-state index contributed by atoms with van der Waals surface area (Å²) in [5.41, 5.74) is 3.43. The molecule has 1 heterocycles. The van der Waals surface area contributed by atoms with Crippen molar-refractivity contribution >= 4 is 18.3 Å². The Morgan fingerprint density at radius 2 is 1.89 bits per heavy atom. The number of hydrogen-bond donors (Lipinski definition) is 2. The van der Waals surface area contributed by atoms with Gasteiger partial charge in [0.1, 0.15) is 5.82 Å². The Hall–Kier alpha value is -2.20. The number of hydrogen-bond acceptors (Lipinski definition) is 4. The molecule has 3 N–H and O–H groups in total. The first-order valence-corrected chi connectivity index (χ1v) is 8.11. The van der Waals surface area contributed by atoms with Crippen LogP contribution < -0.4 is 11.1 Å². The van der Waals surface area contributed by atoms with Crippen molar-refractivity contribution in [1.82, 2.24) is 20.3 Å². The molecule has 1 aromatic carbocycles. The van der Waals surface area contributed by atoms with Crippen LogP contribution in [0.2, 0.25) is 0 Å². The zero-order chi connectivity index (χ0) is 18.9. The molecular formula is C16H18ClF4N5O. The Kier molecular flexibility index (Phi) is 6.42. The van der Waals surface area contributed by atoms with Gasteiger partial charge in [-0.15, -0.1) is 17.5 Å². The first-order chi connectivity index (χ1) is 12.3. The number of alkyl halides is 3. The molecule has 1 amide bonds. The minimum absolute atomic E-state index is 0. The third-order valence-corrected chi connectivity index (χ3v) is 4.31. The van der Waals surface area contributed by atoms with Crippen molar-refractivity contribution in [2.24, 2.45) is 5.73 Å². The topological polar surface area (TPSA) is 85.8 Å². The van der Waals surface area contributed by atoms with Gasteiger partial charge in [-0.3, -0.25) is 4.79 Å². The molecule has 27 heavy (non-hydrogen) atoms. The second-order valence-corrected chi connectivity index (χ2v) is 6.26. The lowest BCUT2D eigenvalue weighted by molar-refractivity contribution is -0.143. The molecule has 148 valence electrons. The van der Waals surface area contributed by atoms with Crippen LogP contribution in [0.1, 0.15) is 41.9 Å². The highest BCUT2D eigenvalue weighted by Gasteiger charge is 2.42. The van der Waals surface area contributed by atoms with Gasteiger partial charge >= 0.3 is 6.18 Å². The third kappa shape index (κ3) is 4.75. The van der Waals surface area contributed by atoms with Gasteiger partial charge in [-0.1, -0.05) is 11.3 Å². The predicted octanol–water partition coefficient (Wildman–Crippen LogP) is 2.85. The first kappa shape index (κ1) is 21.1. The van der Waals surface area contributed by atoms with E-state index in [1.807, 2.05) is 0 Å². The molecule has 0 atom stereocenters. The van der Waals surface area contributed by atoms with E-state index in [1.165, 1.54) is 12.1 Å². The Labute approximate surface area is 158 Å². The molecule has 0 unspecified atom stereocenters. The van der Waals surface area contributed by atoms with Crippen molar-refractivity contribution in [3.05, 3.63) is 41.5 Å². The summed E-state index contributed by atoms with van der Waals surface area (Å²) in [5, 5.41) is 9.38. The van der Waals surface area contributed by atoms with Crippen molar-refractivity contribution in [3.8, 4) is 5.69 Å². The maximum Gasteiger partial charge on any atom is 0.435 e. The summed E-state index contributed by atoms with van der Waals surface area (Å²) < 4.78 is 54.4. The Bertz CT molecular complexity index is 802. The molecule has 0 aliphatic heterocycles. The normalized spacial score (nSPS) is 20.0. The Morgan fingerprint density at radius 1 is 1.22 bits per heavy atom. The van der Waals surface area contributed by atoms with E-state index in [9.17, 15) is 22.4 Å². The van der Waals surface area contributed by atoms with Crippen molar-refractivity contribution in [3.63, 3.8) is 0 Å². The Balaban J connectivity index is 0.00000261. The largest absolute Gasteiger partial charge is 0.435 e. The summed E-state index contributed by atoms with van der Waals surface area (Å²) in [5.74, 6) is -1.68. The quantitative estimate of drug-likeness (QED) is 0.766. The van der Waals surface area contributed by atoms with Crippen molar-refractivity contribution in [2.45, 2.75) is 43.9 Å². The fourth-order valence-corrected chi connectivity index (χ4v) is 3.00. The van der Waals surface area contributed by atoms with E-state index in [0.29, 0.717) is 30.4 Å². The molecule has 0 spiro atoms. The number of carbonyl (C=O) groups excluding carboxylic acids is 1. The lowest BCUT2D eigenvalue weighted by Gasteiger charge is -2.26. The standard InChI is InChI=1S/C16H17F4N5O.ClH/c17-9-2-1-3-12(8-9)25-14(16(18,19)20)13(23-24-25)15(26)22-11-6-4-10(21)5-7-11;/h1-3,8,10-11H,4-7,21H2,(H,22,26);1H. The van der Waals surface area contributed by atoms with Gasteiger partial charge in [0.25, 0.3) is 5.91 Å². The van der Waals surface area contributed by atoms with Crippen LogP contribution in [0.15, 0.2) is 24.3 Å². The van der Waals surface area contributed by atoms with Crippen molar-refractivity contribution in [1.29, 1.82) is 0 Å². The van der Waals surface area contributed by atoms with E-state index in [-0.39, 0.29) is 30.2 Å². The number of nitrogens with two attached hydrogens (primary N) is 1. The average molecular weight is 408 g/mol. The summed E-state index contributed by atoms with van der Waals surface area (Å²) in [7, 11) is 0. The summed E-state index contributed by atoms with van der Waals surface area (Å²) in [6.07, 6.45) is -2.34. The molecule has 1 aliphatic carbocycles. The maximum absolute atomic E-state index is 13.5. The molecule has 3 rings (SSSR count). The van der Waals surface area contributed by atoms with E-state index in [0.717, 1.165) is 12.1 Å². The van der Waals surface area contributed by atoms with Gasteiger partial charge < -0.3 is 11.1 Å². The molecule has 1 aliphatic rings. The lowest BCUT2D eigenvalue weighted by Crippen LogP contribution is -2.41. The number of amides is 1. The molecule has 2 aromatic rings. The molecule has 1 saturated carbocycles. The second kappa shape index (κ2) is 8.22. The molecule has 6 nitrogen and oxygen atoms in total. The van der Waals surface area contributed by atoms with Crippen LogP contribution in [0.4, 0.5) is 17.6 Å². The van der Waals surface area contributed by atoms with E-state index >= 15 is 0 Å². The summed E-state index contributed by atoms with van der Waals surface area (Å²) >= 11 is 0. The molecule has 0 radical (unpaired) electrons. The van der Waals surface area contributed by atoms with E-state index in [4.69, 9.17) is 5.73 Å². The fourth-order valence-electron chi connectivity index (χ4n) is 3.00. The van der Waals surface area contributed by atoms with Crippen LogP contribution in [-0.4, -0.2) is 33.0 Å². The minimum Gasteiger partial charge on any atom is -0.348 e. The minimum atomic E-state index is -4.89. The van der Waals surface area contributed by atoms with Gasteiger partial charge in [0.05, 0.1) is 5.69 Å². The van der Waals surface area contributed by atoms with E-state index < -0.39 is 29.3 Å². The predicted molar refractivity (Wildman–Crippen MR) is 91.3 cm³/mol. The molecule has 0 saturated heterocycles. The number of halogens is 5. The van der Waals surface area contributed by atoms with Gasteiger partial charge in [-0.2, -0.15) is 13.2 Å². The van der Waals surface area contributed by atoms with Gasteiger partial charge in [0, 0.05) is 12.1 Å². The summed E-state index contributed by atoms with van der Waals surface area (Å²) in [6.45, 7) is 0. The lowest BCUT2D eigenvalue weighted by atomic mass is 9.92. The zero-order valence-electron chi connectivity index (χ0n) is 14.0. The van der Waals surface area contributed by atoms with E-state index in [2.05, 4.69) is 15.6 Å². The number of aromatic nitrogens is 3. The number of nitrogens with zero attached hydrogens (tertiary/aromatic N) is 3. The van der Waals surface area contributed by atoms with Crippen LogP contribution in [0, 0.1) is 5.82 Å². The molecule has 1 fully saturated rings. The highest BCUT2D eigenvalue weighted by molar-refractivity contribution is 5.93. The first-order valence-electron chi connectivity index (χ1n) is 8.11. The number of nitrogens with one attached hydrogen (secondary N) is 1. The fraction of sp³-hybridized carbons (Fsp3) is 0.438. The zero-order valence-corrected chi connectivity index (χ0v) is 14.9. The smallest absolute Gasteiger partial charge is 0.348 e. The molecule has 1 aromatic heterocycles. The molecule has 0 bridgehead atoms. The van der Waals surface area contributed by atoms with Crippen molar-refractivity contribution in [2.75, 3.05) is 0 Å². The van der Waals surface area contributed by atoms with Gasteiger partial charge in [0.15, 0.2) is 11.4 Å². The second-order valence-electron chi connectivity index (χ2n) is 6.26. The highest BCUT2D eigenvalue weighted by Crippen LogP contribution is 2.33. The van der Waals surface area contributed by atoms with Crippen LogP contribution in [0.5, 0.6) is 0 Å². The van der Waals surface area contributed by atoms with Gasteiger partial charge in [-0.25, -0.2) is 9.07 Å². The van der Waals surface area contributed by atoms with E-state index in [1.54, 1.807) is 0 Å². The number of carbonyl (C=O) groups is 1. The Morgan fingerprint density at radius 3 is 2.48 bits per heavy atom.